The Morgan fingerprint density at radius 3 is 2.52 bits per heavy atom. The third-order valence-electron chi connectivity index (χ3n) is 4.54. The van der Waals surface area contributed by atoms with Crippen LogP contribution in [-0.2, 0) is 21.4 Å². The van der Waals surface area contributed by atoms with E-state index in [-0.39, 0.29) is 17.3 Å². The largest absolute Gasteiger partial charge is 0.493 e. The van der Waals surface area contributed by atoms with Crippen LogP contribution in [0, 0.1) is 0 Å². The van der Waals surface area contributed by atoms with Gasteiger partial charge in [-0.15, -0.1) is 0 Å². The van der Waals surface area contributed by atoms with Gasteiger partial charge in [-0.25, -0.2) is 13.1 Å². The molecule has 2 aromatic carbocycles. The van der Waals surface area contributed by atoms with Crippen molar-refractivity contribution >= 4 is 27.2 Å². The number of ether oxygens (including phenoxy) is 2. The number of methoxy groups -OCH3 is 1. The van der Waals surface area contributed by atoms with Gasteiger partial charge in [-0.2, -0.15) is 0 Å². The third kappa shape index (κ3) is 4.28. The van der Waals surface area contributed by atoms with E-state index < -0.39 is 10.0 Å². The van der Waals surface area contributed by atoms with Gasteiger partial charge < -0.3 is 14.8 Å². The second-order valence-corrected chi connectivity index (χ2v) is 8.55. The molecule has 1 amide bonds. The van der Waals surface area contributed by atoms with Crippen molar-refractivity contribution in [2.75, 3.05) is 19.0 Å². The van der Waals surface area contributed by atoms with E-state index in [9.17, 15) is 13.2 Å². The summed E-state index contributed by atoms with van der Waals surface area (Å²) in [5.74, 6) is 0.925. The summed E-state index contributed by atoms with van der Waals surface area (Å²) in [6.07, 6.45) is 0. The van der Waals surface area contributed by atoms with E-state index in [4.69, 9.17) is 9.47 Å². The molecule has 154 valence electrons. The first-order chi connectivity index (χ1) is 13.8. The topological polar surface area (TPSA) is 93.7 Å². The molecule has 8 heteroatoms. The molecular formula is C21H24N2O5S. The highest BCUT2D eigenvalue weighted by molar-refractivity contribution is 7.89. The molecule has 0 aliphatic carbocycles. The van der Waals surface area contributed by atoms with Crippen LogP contribution in [0.5, 0.6) is 11.5 Å². The number of carbonyl (C=O) groups is 1. The molecular weight excluding hydrogens is 392 g/mol. The van der Waals surface area contributed by atoms with Crippen LogP contribution in [0.2, 0.25) is 0 Å². The average molecular weight is 416 g/mol. The van der Waals surface area contributed by atoms with Crippen LogP contribution in [0.15, 0.2) is 46.9 Å². The molecule has 29 heavy (non-hydrogen) atoms. The van der Waals surface area contributed by atoms with Gasteiger partial charge in [0.2, 0.25) is 10.0 Å². The highest BCUT2D eigenvalue weighted by Gasteiger charge is 2.27. The van der Waals surface area contributed by atoms with E-state index in [1.807, 2.05) is 20.8 Å². The summed E-state index contributed by atoms with van der Waals surface area (Å²) in [6.45, 7) is 6.12. The normalized spacial score (nSPS) is 13.1. The molecule has 1 aliphatic heterocycles. The van der Waals surface area contributed by atoms with Gasteiger partial charge in [-0.1, -0.05) is 11.6 Å². The Bertz CT molecular complexity index is 1090. The number of anilines is 1. The minimum absolute atomic E-state index is 0.0921. The molecule has 0 saturated heterocycles. The first-order valence-electron chi connectivity index (χ1n) is 9.19. The van der Waals surface area contributed by atoms with Crippen molar-refractivity contribution in [3.8, 4) is 11.5 Å². The molecule has 1 heterocycles. The van der Waals surface area contributed by atoms with Crippen LogP contribution >= 0.6 is 0 Å². The standard InChI is InChI=1S/C21H24N2O5S/c1-5-28-18-9-6-14(10-19(18)27-4)12-22-29(25,26)15-7-8-17-16(11-15)20(13(2)3)21(24)23-17/h6-11,22H,5,12H2,1-4H3,(H,23,24). The zero-order chi connectivity index (χ0) is 21.2. The van der Waals surface area contributed by atoms with Gasteiger partial charge in [0, 0.05) is 23.4 Å². The Morgan fingerprint density at radius 1 is 1.10 bits per heavy atom. The van der Waals surface area contributed by atoms with Crippen molar-refractivity contribution in [2.45, 2.75) is 32.2 Å². The first kappa shape index (κ1) is 20.9. The number of benzene rings is 2. The van der Waals surface area contributed by atoms with Crippen molar-refractivity contribution < 1.29 is 22.7 Å². The van der Waals surface area contributed by atoms with Gasteiger partial charge in [0.25, 0.3) is 5.91 Å². The molecule has 0 radical (unpaired) electrons. The fourth-order valence-electron chi connectivity index (χ4n) is 3.17. The van der Waals surface area contributed by atoms with Crippen molar-refractivity contribution in [1.29, 1.82) is 0 Å². The third-order valence-corrected chi connectivity index (χ3v) is 5.94. The van der Waals surface area contributed by atoms with Crippen LogP contribution in [0.3, 0.4) is 0 Å². The Hall–Kier alpha value is -2.84. The molecule has 2 aromatic rings. The minimum Gasteiger partial charge on any atom is -0.493 e. The van der Waals surface area contributed by atoms with Crippen molar-refractivity contribution in [2.24, 2.45) is 0 Å². The predicted octanol–water partition coefficient (Wildman–Crippen LogP) is 3.32. The lowest BCUT2D eigenvalue weighted by Gasteiger charge is -2.12. The molecule has 2 N–H and O–H groups in total. The summed E-state index contributed by atoms with van der Waals surface area (Å²) in [7, 11) is -2.24. The summed E-state index contributed by atoms with van der Waals surface area (Å²) in [5.41, 5.74) is 3.28. The Morgan fingerprint density at radius 2 is 1.86 bits per heavy atom. The average Bonchev–Trinajstić information content (AvgIpc) is 3.02. The number of allylic oxidation sites excluding steroid dienone is 1. The van der Waals surface area contributed by atoms with Crippen LogP contribution < -0.4 is 19.5 Å². The molecule has 7 nitrogen and oxygen atoms in total. The number of hydrogen-bond donors (Lipinski definition) is 2. The molecule has 0 atom stereocenters. The van der Waals surface area contributed by atoms with Crippen LogP contribution in [0.25, 0.3) is 5.57 Å². The molecule has 0 saturated carbocycles. The fourth-order valence-corrected chi connectivity index (χ4v) is 4.21. The van der Waals surface area contributed by atoms with Gasteiger partial charge in [0.1, 0.15) is 0 Å². The van der Waals surface area contributed by atoms with Gasteiger partial charge in [-0.05, 0) is 56.7 Å². The lowest BCUT2D eigenvalue weighted by molar-refractivity contribution is -0.110. The molecule has 0 aromatic heterocycles. The highest BCUT2D eigenvalue weighted by Crippen LogP contribution is 2.35. The Kier molecular flexibility index (Phi) is 5.95. The lowest BCUT2D eigenvalue weighted by Crippen LogP contribution is -2.23. The monoisotopic (exact) mass is 416 g/mol. The first-order valence-corrected chi connectivity index (χ1v) is 10.7. The van der Waals surface area contributed by atoms with E-state index >= 15 is 0 Å². The SMILES string of the molecule is CCOc1ccc(CNS(=O)(=O)c2ccc3c(c2)C(=C(C)C)C(=O)N3)cc1OC. The molecule has 0 unspecified atom stereocenters. The minimum atomic E-state index is -3.77. The summed E-state index contributed by atoms with van der Waals surface area (Å²) in [5, 5.41) is 2.76. The molecule has 1 aliphatic rings. The molecule has 0 bridgehead atoms. The fraction of sp³-hybridized carbons (Fsp3) is 0.286. The van der Waals surface area contributed by atoms with Crippen molar-refractivity contribution in [1.82, 2.24) is 4.72 Å². The number of carbonyl (C=O) groups excluding carboxylic acids is 1. The van der Waals surface area contributed by atoms with Crippen LogP contribution in [0.4, 0.5) is 5.69 Å². The van der Waals surface area contributed by atoms with Gasteiger partial charge in [0.15, 0.2) is 11.5 Å². The van der Waals surface area contributed by atoms with Crippen molar-refractivity contribution in [3.05, 3.63) is 53.1 Å². The number of rotatable bonds is 7. The Labute approximate surface area is 170 Å². The summed E-state index contributed by atoms with van der Waals surface area (Å²) in [4.78, 5) is 12.2. The van der Waals surface area contributed by atoms with E-state index in [1.165, 1.54) is 19.2 Å². The molecule has 0 spiro atoms. The summed E-state index contributed by atoms with van der Waals surface area (Å²) < 4.78 is 39.0. The molecule has 0 fully saturated rings. The maximum Gasteiger partial charge on any atom is 0.256 e. The Balaban J connectivity index is 1.83. The maximum atomic E-state index is 12.8. The lowest BCUT2D eigenvalue weighted by atomic mass is 10.0. The predicted molar refractivity (Wildman–Crippen MR) is 112 cm³/mol. The summed E-state index contributed by atoms with van der Waals surface area (Å²) >= 11 is 0. The number of fused-ring (bicyclic) bond motifs is 1. The number of hydrogen-bond acceptors (Lipinski definition) is 5. The number of sulfonamides is 1. The van der Waals surface area contributed by atoms with E-state index in [0.717, 1.165) is 11.1 Å². The highest BCUT2D eigenvalue weighted by atomic mass is 32.2. The van der Waals surface area contributed by atoms with E-state index in [1.54, 1.807) is 24.3 Å². The smallest absolute Gasteiger partial charge is 0.256 e. The van der Waals surface area contributed by atoms with E-state index in [2.05, 4.69) is 10.0 Å². The van der Waals surface area contributed by atoms with Crippen LogP contribution in [-0.4, -0.2) is 28.0 Å². The zero-order valence-corrected chi connectivity index (χ0v) is 17.6. The van der Waals surface area contributed by atoms with Gasteiger partial charge in [0.05, 0.1) is 18.6 Å². The number of nitrogens with one attached hydrogen (secondary N) is 2. The maximum absolute atomic E-state index is 12.8. The summed E-state index contributed by atoms with van der Waals surface area (Å²) in [6, 6.07) is 9.88. The second-order valence-electron chi connectivity index (χ2n) is 6.78. The van der Waals surface area contributed by atoms with Crippen molar-refractivity contribution in [3.63, 3.8) is 0 Å². The number of amides is 1. The van der Waals surface area contributed by atoms with Gasteiger partial charge in [-0.3, -0.25) is 4.79 Å². The zero-order valence-electron chi connectivity index (χ0n) is 16.8. The quantitative estimate of drug-likeness (QED) is 0.676. The van der Waals surface area contributed by atoms with Gasteiger partial charge >= 0.3 is 0 Å². The van der Waals surface area contributed by atoms with Crippen LogP contribution in [0.1, 0.15) is 31.9 Å². The second kappa shape index (κ2) is 8.26. The molecule has 3 rings (SSSR count). The van der Waals surface area contributed by atoms with E-state index in [0.29, 0.717) is 34.9 Å².